The number of piperidine rings is 1. The van der Waals surface area contributed by atoms with E-state index in [1.807, 2.05) is 6.07 Å². The summed E-state index contributed by atoms with van der Waals surface area (Å²) >= 11 is 8.50. The number of thiophene rings is 2. The number of nitrogens with zero attached hydrogens (tertiary/aromatic N) is 2. The van der Waals surface area contributed by atoms with Crippen LogP contribution in [0.5, 0.6) is 0 Å². The van der Waals surface area contributed by atoms with Crippen LogP contribution in [-0.4, -0.2) is 79.4 Å². The van der Waals surface area contributed by atoms with E-state index in [4.69, 9.17) is 16.7 Å². The molecule has 0 radical (unpaired) electrons. The van der Waals surface area contributed by atoms with Gasteiger partial charge >= 0.3 is 5.97 Å². The minimum absolute atomic E-state index is 0.0174. The molecule has 2 aliphatic rings. The van der Waals surface area contributed by atoms with E-state index in [0.29, 0.717) is 43.4 Å². The number of carboxylic acid groups (broad SMARTS) is 1. The van der Waals surface area contributed by atoms with Crippen molar-refractivity contribution >= 4 is 62.1 Å². The zero-order valence-electron chi connectivity index (χ0n) is 22.6. The molecule has 3 N–H and O–H groups in total. The van der Waals surface area contributed by atoms with Gasteiger partial charge in [0.15, 0.2) is 0 Å². The number of benzene rings is 1. The highest BCUT2D eigenvalue weighted by Crippen LogP contribution is 2.37. The highest BCUT2D eigenvalue weighted by atomic mass is 35.5. The Bertz CT molecular complexity index is 1560. The predicted octanol–water partition coefficient (Wildman–Crippen LogP) is 3.88. The Labute approximate surface area is 257 Å². The van der Waals surface area contributed by atoms with Crippen LogP contribution in [0.3, 0.4) is 0 Å². The number of halogens is 1. The zero-order valence-corrected chi connectivity index (χ0v) is 25.8. The van der Waals surface area contributed by atoms with Crippen molar-refractivity contribution in [2.45, 2.75) is 48.5 Å². The second-order valence-electron chi connectivity index (χ2n) is 10.3. The summed E-state index contributed by atoms with van der Waals surface area (Å²) < 4.78 is 29.5. The van der Waals surface area contributed by atoms with E-state index in [0.717, 1.165) is 39.5 Å². The van der Waals surface area contributed by atoms with Gasteiger partial charge in [0.25, 0.3) is 10.0 Å². The molecular weight excluding hydrogens is 620 g/mol. The van der Waals surface area contributed by atoms with E-state index < -0.39 is 27.9 Å². The number of sulfonamides is 1. The number of rotatable bonds is 11. The fraction of sp³-hybridized carbons (Fsp3) is 0.393. The lowest BCUT2D eigenvalue weighted by atomic mass is 10.1. The first kappa shape index (κ1) is 30.6. The second-order valence-corrected chi connectivity index (χ2v) is 15.1. The smallest absolute Gasteiger partial charge is 0.335 e. The Balaban J connectivity index is 1.14. The molecule has 0 unspecified atom stereocenters. The predicted molar refractivity (Wildman–Crippen MR) is 162 cm³/mol. The highest BCUT2D eigenvalue weighted by molar-refractivity contribution is 7.91. The number of nitrogens with one attached hydrogen (secondary N) is 2. The first-order valence-electron chi connectivity index (χ1n) is 13.6. The van der Waals surface area contributed by atoms with Gasteiger partial charge in [0.05, 0.1) is 16.4 Å². The Morgan fingerprint density at radius 1 is 0.976 bits per heavy atom. The molecule has 0 saturated carbocycles. The number of aromatic carboxylic acids is 1. The van der Waals surface area contributed by atoms with Crippen molar-refractivity contribution in [1.82, 2.24) is 19.8 Å². The average molecular weight is 651 g/mol. The number of hydrogen-bond donors (Lipinski definition) is 3. The lowest BCUT2D eigenvalue weighted by molar-refractivity contribution is -0.143. The van der Waals surface area contributed by atoms with Crippen LogP contribution in [0.2, 0.25) is 4.34 Å². The molecule has 2 aromatic heterocycles. The Morgan fingerprint density at radius 3 is 2.40 bits per heavy atom. The number of carbonyl (C=O) groups excluding carboxylic acids is 2. The normalized spacial score (nSPS) is 19.4. The first-order chi connectivity index (χ1) is 20.1. The minimum atomic E-state index is -3.93. The van der Waals surface area contributed by atoms with Crippen molar-refractivity contribution in [3.63, 3.8) is 0 Å². The number of hydrogen-bond acceptors (Lipinski definition) is 8. The Hall–Kier alpha value is -2.81. The number of carboxylic acids is 1. The largest absolute Gasteiger partial charge is 0.478 e. The van der Waals surface area contributed by atoms with Crippen LogP contribution in [0.4, 0.5) is 0 Å². The average Bonchev–Trinajstić information content (AvgIpc) is 3.72. The molecule has 1 aromatic carbocycles. The lowest BCUT2D eigenvalue weighted by Crippen LogP contribution is -2.55. The summed E-state index contributed by atoms with van der Waals surface area (Å²) in [5.41, 5.74) is 1.17. The van der Waals surface area contributed by atoms with Crippen LogP contribution in [-0.2, 0) is 26.2 Å². The highest BCUT2D eigenvalue weighted by Gasteiger charge is 2.36. The van der Waals surface area contributed by atoms with E-state index in [1.165, 1.54) is 22.3 Å². The molecular formula is C28H31ClN4O6S3. The van der Waals surface area contributed by atoms with Gasteiger partial charge < -0.3 is 20.2 Å². The maximum atomic E-state index is 13.3. The number of likely N-dealkylation sites (tertiary alicyclic amines) is 2. The number of carbonyl (C=O) groups is 3. The quantitative estimate of drug-likeness (QED) is 0.287. The Morgan fingerprint density at radius 2 is 1.69 bits per heavy atom. The van der Waals surface area contributed by atoms with Crippen LogP contribution in [0.1, 0.15) is 41.6 Å². The summed E-state index contributed by atoms with van der Waals surface area (Å²) in [7, 11) is -3.93. The molecule has 5 rings (SSSR count). The summed E-state index contributed by atoms with van der Waals surface area (Å²) in [4.78, 5) is 42.5. The van der Waals surface area contributed by atoms with Gasteiger partial charge in [-0.3, -0.25) is 9.59 Å². The third-order valence-corrected chi connectivity index (χ3v) is 11.9. The molecule has 10 nitrogen and oxygen atoms in total. The molecule has 42 heavy (non-hydrogen) atoms. The molecule has 224 valence electrons. The molecule has 0 spiro atoms. The van der Waals surface area contributed by atoms with Gasteiger partial charge in [-0.25, -0.2) is 13.2 Å². The van der Waals surface area contributed by atoms with Crippen molar-refractivity contribution in [2.24, 2.45) is 0 Å². The molecule has 14 heteroatoms. The van der Waals surface area contributed by atoms with E-state index in [-0.39, 0.29) is 28.3 Å². The fourth-order valence-electron chi connectivity index (χ4n) is 5.27. The molecule has 2 saturated heterocycles. The van der Waals surface area contributed by atoms with Crippen LogP contribution in [0.15, 0.2) is 52.7 Å². The van der Waals surface area contributed by atoms with Crippen LogP contribution in [0.25, 0.3) is 9.75 Å². The molecule has 2 fully saturated rings. The van der Waals surface area contributed by atoms with Crippen molar-refractivity contribution in [3.05, 3.63) is 64.0 Å². The molecule has 0 bridgehead atoms. The summed E-state index contributed by atoms with van der Waals surface area (Å²) in [6.07, 6.45) is 2.66. The lowest BCUT2D eigenvalue weighted by Gasteiger charge is -2.34. The third-order valence-electron chi connectivity index (χ3n) is 7.42. The van der Waals surface area contributed by atoms with Crippen molar-refractivity contribution in [1.29, 1.82) is 0 Å². The van der Waals surface area contributed by atoms with E-state index in [9.17, 15) is 22.8 Å². The SMILES string of the molecule is O=C(O)c1ccc(CNC[C@@H]2CCCN2C(=O)CN2CCC[C@H](NS(=O)(=O)c3ccc(-c4ccc(Cl)s4)s3)C2=O)cc1. The van der Waals surface area contributed by atoms with Gasteiger partial charge in [-0.2, -0.15) is 4.72 Å². The zero-order chi connectivity index (χ0) is 29.9. The summed E-state index contributed by atoms with van der Waals surface area (Å²) in [6.45, 7) is 2.02. The molecule has 0 aliphatic carbocycles. The van der Waals surface area contributed by atoms with Gasteiger partial charge in [-0.15, -0.1) is 22.7 Å². The maximum absolute atomic E-state index is 13.3. The minimum Gasteiger partial charge on any atom is -0.478 e. The van der Waals surface area contributed by atoms with Crippen LogP contribution < -0.4 is 10.0 Å². The topological polar surface area (TPSA) is 136 Å². The third kappa shape index (κ3) is 7.21. The molecule has 2 aliphatic heterocycles. The van der Waals surface area contributed by atoms with Crippen molar-refractivity contribution in [2.75, 3.05) is 26.2 Å². The first-order valence-corrected chi connectivity index (χ1v) is 17.1. The number of amides is 2. The van der Waals surface area contributed by atoms with Gasteiger partial charge in [-0.1, -0.05) is 23.7 Å². The van der Waals surface area contributed by atoms with Crippen LogP contribution in [0, 0.1) is 0 Å². The van der Waals surface area contributed by atoms with E-state index in [1.54, 1.807) is 41.3 Å². The Kier molecular flexibility index (Phi) is 9.65. The van der Waals surface area contributed by atoms with Crippen LogP contribution >= 0.6 is 34.3 Å². The molecule has 2 amide bonds. The van der Waals surface area contributed by atoms with Crippen molar-refractivity contribution < 1.29 is 27.9 Å². The monoisotopic (exact) mass is 650 g/mol. The van der Waals surface area contributed by atoms with Crippen molar-refractivity contribution in [3.8, 4) is 9.75 Å². The summed E-state index contributed by atoms with van der Waals surface area (Å²) in [5, 5.41) is 12.4. The summed E-state index contributed by atoms with van der Waals surface area (Å²) in [5.74, 6) is -1.51. The van der Waals surface area contributed by atoms with E-state index >= 15 is 0 Å². The molecule has 4 heterocycles. The fourth-order valence-corrected chi connectivity index (χ4v) is 8.95. The maximum Gasteiger partial charge on any atom is 0.335 e. The standard InChI is InChI=1S/C28H31ClN4O6S3/c29-24-11-9-22(40-24)23-10-12-26(41-23)42(38,39)31-21-4-2-13-32(27(21)35)17-25(34)33-14-1-3-20(33)16-30-15-18-5-7-19(8-6-18)28(36)37/h5-12,20-21,30-31H,1-4,13-17H2,(H,36,37)/t20-,21-/m0/s1. The van der Waals surface area contributed by atoms with Gasteiger partial charge in [0.1, 0.15) is 10.3 Å². The van der Waals surface area contributed by atoms with Gasteiger partial charge in [-0.05, 0) is 67.6 Å². The molecule has 3 aromatic rings. The summed E-state index contributed by atoms with van der Waals surface area (Å²) in [6, 6.07) is 12.6. The van der Waals surface area contributed by atoms with Gasteiger partial charge in [0, 0.05) is 42.0 Å². The van der Waals surface area contributed by atoms with Gasteiger partial charge in [0.2, 0.25) is 11.8 Å². The second kappa shape index (κ2) is 13.2. The van der Waals surface area contributed by atoms with E-state index in [2.05, 4.69) is 10.0 Å². The molecule has 2 atom stereocenters.